The van der Waals surface area contributed by atoms with E-state index >= 15 is 0 Å². The van der Waals surface area contributed by atoms with Crippen LogP contribution >= 0.6 is 15.9 Å². The van der Waals surface area contributed by atoms with Gasteiger partial charge in [-0.1, -0.05) is 0 Å². The number of ether oxygens (including phenoxy) is 1. The number of halogens is 1. The van der Waals surface area contributed by atoms with Crippen LogP contribution in [-0.2, 0) is 4.74 Å². The summed E-state index contributed by atoms with van der Waals surface area (Å²) in [4.78, 5) is 14.6. The Hall–Kier alpha value is -1.07. The van der Waals surface area contributed by atoms with Gasteiger partial charge in [0.15, 0.2) is 0 Å². The molecule has 1 saturated heterocycles. The molecule has 1 aromatic carbocycles. The van der Waals surface area contributed by atoms with Crippen molar-refractivity contribution < 1.29 is 9.53 Å². The van der Waals surface area contributed by atoms with Gasteiger partial charge in [-0.05, 0) is 53.4 Å². The lowest BCUT2D eigenvalue weighted by Crippen LogP contribution is -2.51. The highest BCUT2D eigenvalue weighted by atomic mass is 79.9. The van der Waals surface area contributed by atoms with Crippen LogP contribution in [0.1, 0.15) is 29.6 Å². The Morgan fingerprint density at radius 2 is 2.26 bits per heavy atom. The molecule has 0 radical (unpaired) electrons. The molecule has 2 fully saturated rings. The van der Waals surface area contributed by atoms with Gasteiger partial charge in [-0.3, -0.25) is 4.79 Å². The Labute approximate surface area is 121 Å². The van der Waals surface area contributed by atoms with Gasteiger partial charge in [-0.25, -0.2) is 0 Å². The largest absolute Gasteiger partial charge is 0.398 e. The fraction of sp³-hybridized carbons (Fsp3) is 0.500. The van der Waals surface area contributed by atoms with E-state index in [-0.39, 0.29) is 18.1 Å². The third-order valence-electron chi connectivity index (χ3n) is 3.99. The standard InChI is InChI=1S/C14H17BrN2O2/c15-10-5-4-9(8-11(10)16)14(18)17-6-7-19-13-3-1-2-12(13)17/h4-5,8,12-13H,1-3,6-7,16H2. The fourth-order valence-corrected chi connectivity index (χ4v) is 3.27. The molecule has 1 aliphatic heterocycles. The minimum atomic E-state index is 0.0689. The van der Waals surface area contributed by atoms with Crippen LogP contribution in [0.25, 0.3) is 0 Å². The summed E-state index contributed by atoms with van der Waals surface area (Å²) in [6.45, 7) is 1.31. The molecule has 1 saturated carbocycles. The number of hydrogen-bond donors (Lipinski definition) is 1. The van der Waals surface area contributed by atoms with Crippen LogP contribution in [0, 0.1) is 0 Å². The van der Waals surface area contributed by atoms with Gasteiger partial charge in [0.2, 0.25) is 0 Å². The summed E-state index contributed by atoms with van der Waals surface area (Å²) in [6.07, 6.45) is 3.48. The van der Waals surface area contributed by atoms with E-state index in [0.29, 0.717) is 24.4 Å². The van der Waals surface area contributed by atoms with Crippen molar-refractivity contribution in [3.05, 3.63) is 28.2 Å². The molecular formula is C14H17BrN2O2. The maximum atomic E-state index is 12.6. The Bertz CT molecular complexity index is 506. The van der Waals surface area contributed by atoms with Crippen molar-refractivity contribution in [2.75, 3.05) is 18.9 Å². The number of benzene rings is 1. The second-order valence-electron chi connectivity index (χ2n) is 5.14. The van der Waals surface area contributed by atoms with Crippen molar-refractivity contribution in [2.45, 2.75) is 31.4 Å². The predicted molar refractivity (Wildman–Crippen MR) is 77.0 cm³/mol. The van der Waals surface area contributed by atoms with Crippen LogP contribution in [-0.4, -0.2) is 36.1 Å². The van der Waals surface area contributed by atoms with Crippen LogP contribution in [0.5, 0.6) is 0 Å². The van der Waals surface area contributed by atoms with Crippen molar-refractivity contribution in [2.24, 2.45) is 0 Å². The summed E-state index contributed by atoms with van der Waals surface area (Å²) in [5, 5.41) is 0. The highest BCUT2D eigenvalue weighted by Gasteiger charge is 2.38. The Morgan fingerprint density at radius 3 is 3.05 bits per heavy atom. The predicted octanol–water partition coefficient (Wildman–Crippen LogP) is 2.42. The lowest BCUT2D eigenvalue weighted by atomic mass is 10.1. The van der Waals surface area contributed by atoms with Crippen LogP contribution in [0.15, 0.2) is 22.7 Å². The van der Waals surface area contributed by atoms with E-state index in [9.17, 15) is 4.79 Å². The first-order valence-electron chi connectivity index (χ1n) is 6.64. The zero-order valence-corrected chi connectivity index (χ0v) is 12.2. The number of nitrogens with two attached hydrogens (primary N) is 1. The molecule has 5 heteroatoms. The van der Waals surface area contributed by atoms with E-state index in [1.807, 2.05) is 17.0 Å². The number of anilines is 1. The SMILES string of the molecule is Nc1cc(C(=O)N2CCOC3CCCC32)ccc1Br. The molecule has 1 aliphatic carbocycles. The minimum Gasteiger partial charge on any atom is -0.398 e. The van der Waals surface area contributed by atoms with Crippen LogP contribution in [0.3, 0.4) is 0 Å². The van der Waals surface area contributed by atoms with E-state index in [1.54, 1.807) is 6.07 Å². The molecule has 1 aromatic rings. The van der Waals surface area contributed by atoms with Crippen molar-refractivity contribution in [1.82, 2.24) is 4.90 Å². The third kappa shape index (κ3) is 2.37. The molecule has 102 valence electrons. The van der Waals surface area contributed by atoms with Crippen LogP contribution in [0.4, 0.5) is 5.69 Å². The monoisotopic (exact) mass is 324 g/mol. The van der Waals surface area contributed by atoms with E-state index in [2.05, 4.69) is 15.9 Å². The molecule has 1 heterocycles. The Balaban J connectivity index is 1.84. The van der Waals surface area contributed by atoms with E-state index in [4.69, 9.17) is 10.5 Å². The number of nitrogen functional groups attached to an aromatic ring is 1. The van der Waals surface area contributed by atoms with Crippen LogP contribution < -0.4 is 5.73 Å². The van der Waals surface area contributed by atoms with Crippen molar-refractivity contribution in [3.8, 4) is 0 Å². The average molecular weight is 325 g/mol. The molecule has 4 nitrogen and oxygen atoms in total. The highest BCUT2D eigenvalue weighted by molar-refractivity contribution is 9.10. The summed E-state index contributed by atoms with van der Waals surface area (Å²) >= 11 is 3.35. The molecule has 1 amide bonds. The zero-order valence-electron chi connectivity index (χ0n) is 10.6. The molecular weight excluding hydrogens is 308 g/mol. The molecule has 2 N–H and O–H groups in total. The topological polar surface area (TPSA) is 55.6 Å². The molecule has 2 aliphatic rings. The smallest absolute Gasteiger partial charge is 0.254 e. The molecule has 3 rings (SSSR count). The molecule has 0 aromatic heterocycles. The number of amides is 1. The minimum absolute atomic E-state index is 0.0689. The van der Waals surface area contributed by atoms with Gasteiger partial charge in [0.25, 0.3) is 5.91 Å². The lowest BCUT2D eigenvalue weighted by Gasteiger charge is -2.37. The van der Waals surface area contributed by atoms with Gasteiger partial charge in [-0.2, -0.15) is 0 Å². The van der Waals surface area contributed by atoms with Gasteiger partial charge in [0.05, 0.1) is 18.8 Å². The molecule has 0 bridgehead atoms. The molecule has 2 unspecified atom stereocenters. The summed E-state index contributed by atoms with van der Waals surface area (Å²) in [5.41, 5.74) is 7.11. The Morgan fingerprint density at radius 1 is 1.42 bits per heavy atom. The van der Waals surface area contributed by atoms with E-state index in [0.717, 1.165) is 23.7 Å². The first-order chi connectivity index (χ1) is 9.16. The quantitative estimate of drug-likeness (QED) is 0.807. The van der Waals surface area contributed by atoms with Crippen LogP contribution in [0.2, 0.25) is 0 Å². The molecule has 2 atom stereocenters. The van der Waals surface area contributed by atoms with Crippen molar-refractivity contribution in [1.29, 1.82) is 0 Å². The number of rotatable bonds is 1. The second kappa shape index (κ2) is 5.13. The van der Waals surface area contributed by atoms with E-state index in [1.165, 1.54) is 0 Å². The zero-order chi connectivity index (χ0) is 13.4. The van der Waals surface area contributed by atoms with E-state index < -0.39 is 0 Å². The number of hydrogen-bond acceptors (Lipinski definition) is 3. The van der Waals surface area contributed by atoms with Gasteiger partial charge >= 0.3 is 0 Å². The summed E-state index contributed by atoms with van der Waals surface area (Å²) in [6, 6.07) is 5.63. The van der Waals surface area contributed by atoms with Crippen molar-refractivity contribution >= 4 is 27.5 Å². The van der Waals surface area contributed by atoms with Gasteiger partial charge in [0.1, 0.15) is 0 Å². The number of carbonyl (C=O) groups is 1. The number of nitrogens with zero attached hydrogens (tertiary/aromatic N) is 1. The van der Waals surface area contributed by atoms with Gasteiger partial charge < -0.3 is 15.4 Å². The summed E-state index contributed by atoms with van der Waals surface area (Å²) < 4.78 is 6.56. The highest BCUT2D eigenvalue weighted by Crippen LogP contribution is 2.31. The van der Waals surface area contributed by atoms with Gasteiger partial charge in [-0.15, -0.1) is 0 Å². The molecule has 0 spiro atoms. The number of carbonyl (C=O) groups excluding carboxylic acids is 1. The third-order valence-corrected chi connectivity index (χ3v) is 4.71. The maximum Gasteiger partial charge on any atom is 0.254 e. The summed E-state index contributed by atoms with van der Waals surface area (Å²) in [5.74, 6) is 0.0689. The fourth-order valence-electron chi connectivity index (χ4n) is 3.02. The Kier molecular flexibility index (Phi) is 3.50. The maximum absolute atomic E-state index is 12.6. The van der Waals surface area contributed by atoms with Crippen molar-refractivity contribution in [3.63, 3.8) is 0 Å². The first kappa shape index (κ1) is 12.9. The second-order valence-corrected chi connectivity index (χ2v) is 6.00. The average Bonchev–Trinajstić information content (AvgIpc) is 2.89. The number of morpholine rings is 1. The summed E-state index contributed by atoms with van der Waals surface area (Å²) in [7, 11) is 0. The molecule has 19 heavy (non-hydrogen) atoms. The normalized spacial score (nSPS) is 26.3. The number of fused-ring (bicyclic) bond motifs is 1. The lowest BCUT2D eigenvalue weighted by molar-refractivity contribution is -0.0445. The van der Waals surface area contributed by atoms with Gasteiger partial charge in [0, 0.05) is 22.3 Å². The first-order valence-corrected chi connectivity index (χ1v) is 7.44.